The molecule has 0 saturated heterocycles. The van der Waals surface area contributed by atoms with Crippen LogP contribution in [-0.4, -0.2) is 24.4 Å². The Kier molecular flexibility index (Phi) is 6.22. The summed E-state index contributed by atoms with van der Waals surface area (Å²) in [4.78, 5) is 36.3. The lowest BCUT2D eigenvalue weighted by molar-refractivity contribution is -0.117. The maximum absolute atomic E-state index is 13.0. The number of carbonyl (C=O) groups is 3. The third kappa shape index (κ3) is 4.77. The van der Waals surface area contributed by atoms with Crippen molar-refractivity contribution in [2.45, 2.75) is 13.3 Å². The standard InChI is InChI=1S/C26H23N3O4/c1-2-33-26(32)18-10-13-20-21(15-18)29-25(31)23(20)24(17-6-4-3-5-7-17)28-19-11-8-16(9-12-19)14-22(27)30/h3-13,15,28H,2,14H2,1H3,(H2,27,30)(H,29,31)/b24-23-. The van der Waals surface area contributed by atoms with E-state index in [1.54, 1.807) is 25.1 Å². The van der Waals surface area contributed by atoms with E-state index in [0.717, 1.165) is 16.8 Å². The third-order valence-corrected chi connectivity index (χ3v) is 5.19. The summed E-state index contributed by atoms with van der Waals surface area (Å²) in [7, 11) is 0. The molecule has 3 aromatic rings. The van der Waals surface area contributed by atoms with Crippen molar-refractivity contribution in [2.24, 2.45) is 5.73 Å². The number of nitrogens with one attached hydrogen (secondary N) is 2. The van der Waals surface area contributed by atoms with E-state index in [-0.39, 0.29) is 18.9 Å². The van der Waals surface area contributed by atoms with Crippen molar-refractivity contribution in [3.63, 3.8) is 0 Å². The number of benzene rings is 3. The van der Waals surface area contributed by atoms with Gasteiger partial charge in [0.1, 0.15) is 0 Å². The van der Waals surface area contributed by atoms with Gasteiger partial charge in [0, 0.05) is 11.3 Å². The first-order valence-electron chi connectivity index (χ1n) is 10.5. The smallest absolute Gasteiger partial charge is 0.338 e. The van der Waals surface area contributed by atoms with Gasteiger partial charge in [-0.15, -0.1) is 0 Å². The highest BCUT2D eigenvalue weighted by molar-refractivity contribution is 6.37. The molecule has 1 heterocycles. The number of nitrogens with two attached hydrogens (primary N) is 1. The average Bonchev–Trinajstić information content (AvgIpc) is 3.13. The first kappa shape index (κ1) is 21.8. The number of rotatable bonds is 7. The van der Waals surface area contributed by atoms with Crippen LogP contribution in [0.25, 0.3) is 11.3 Å². The summed E-state index contributed by atoms with van der Waals surface area (Å²) >= 11 is 0. The van der Waals surface area contributed by atoms with Gasteiger partial charge in [0.05, 0.1) is 35.5 Å². The molecule has 1 aliphatic rings. The van der Waals surface area contributed by atoms with E-state index in [9.17, 15) is 14.4 Å². The van der Waals surface area contributed by atoms with E-state index in [4.69, 9.17) is 10.5 Å². The molecule has 0 radical (unpaired) electrons. The zero-order valence-corrected chi connectivity index (χ0v) is 18.1. The van der Waals surface area contributed by atoms with Crippen molar-refractivity contribution in [1.82, 2.24) is 0 Å². The van der Waals surface area contributed by atoms with E-state index < -0.39 is 11.9 Å². The molecule has 0 spiro atoms. The second-order valence-electron chi connectivity index (χ2n) is 7.52. The Labute approximate surface area is 191 Å². The lowest BCUT2D eigenvalue weighted by atomic mass is 9.99. The van der Waals surface area contributed by atoms with Crippen molar-refractivity contribution in [3.05, 3.63) is 95.1 Å². The molecule has 0 saturated carbocycles. The minimum atomic E-state index is -0.440. The van der Waals surface area contributed by atoms with Crippen LogP contribution >= 0.6 is 0 Å². The van der Waals surface area contributed by atoms with E-state index in [2.05, 4.69) is 10.6 Å². The minimum Gasteiger partial charge on any atom is -0.462 e. The molecule has 0 aromatic heterocycles. The second kappa shape index (κ2) is 9.40. The van der Waals surface area contributed by atoms with Crippen molar-refractivity contribution in [2.75, 3.05) is 17.2 Å². The van der Waals surface area contributed by atoms with Crippen LogP contribution in [0.15, 0.2) is 72.8 Å². The van der Waals surface area contributed by atoms with Crippen molar-refractivity contribution >= 4 is 40.4 Å². The van der Waals surface area contributed by atoms with Gasteiger partial charge in [0.2, 0.25) is 5.91 Å². The number of amides is 2. The summed E-state index contributed by atoms with van der Waals surface area (Å²) in [5.74, 6) is -1.11. The van der Waals surface area contributed by atoms with E-state index in [1.807, 2.05) is 54.6 Å². The lowest BCUT2D eigenvalue weighted by Crippen LogP contribution is -2.13. The van der Waals surface area contributed by atoms with Gasteiger partial charge >= 0.3 is 5.97 Å². The molecule has 7 nitrogen and oxygen atoms in total. The summed E-state index contributed by atoms with van der Waals surface area (Å²) in [5, 5.41) is 6.21. The molecule has 3 aromatic carbocycles. The predicted molar refractivity (Wildman–Crippen MR) is 127 cm³/mol. The summed E-state index contributed by atoms with van der Waals surface area (Å²) in [6, 6.07) is 21.8. The fourth-order valence-corrected chi connectivity index (χ4v) is 3.70. The monoisotopic (exact) mass is 441 g/mol. The molecule has 0 fully saturated rings. The normalized spacial score (nSPS) is 13.7. The first-order chi connectivity index (χ1) is 16.0. The molecule has 166 valence electrons. The predicted octanol–water partition coefficient (Wildman–Crippen LogP) is 3.82. The number of esters is 1. The molecular weight excluding hydrogens is 418 g/mol. The number of hydrogen-bond acceptors (Lipinski definition) is 5. The van der Waals surface area contributed by atoms with Crippen LogP contribution in [0, 0.1) is 0 Å². The third-order valence-electron chi connectivity index (χ3n) is 5.19. The van der Waals surface area contributed by atoms with Crippen molar-refractivity contribution < 1.29 is 19.1 Å². The molecule has 4 rings (SSSR count). The van der Waals surface area contributed by atoms with E-state index >= 15 is 0 Å². The number of anilines is 2. The topological polar surface area (TPSA) is 111 Å². The zero-order valence-electron chi connectivity index (χ0n) is 18.1. The molecule has 0 unspecified atom stereocenters. The molecule has 7 heteroatoms. The van der Waals surface area contributed by atoms with Gasteiger partial charge in [-0.2, -0.15) is 0 Å². The maximum Gasteiger partial charge on any atom is 0.338 e. The van der Waals surface area contributed by atoms with Crippen LogP contribution in [-0.2, 0) is 20.7 Å². The van der Waals surface area contributed by atoms with Crippen LogP contribution in [0.1, 0.15) is 34.0 Å². The van der Waals surface area contributed by atoms with Crippen molar-refractivity contribution in [1.29, 1.82) is 0 Å². The molecule has 33 heavy (non-hydrogen) atoms. The Bertz CT molecular complexity index is 1250. The Balaban J connectivity index is 1.77. The summed E-state index contributed by atoms with van der Waals surface area (Å²) in [5.41, 5.74) is 10.3. The highest BCUT2D eigenvalue weighted by Crippen LogP contribution is 2.38. The largest absolute Gasteiger partial charge is 0.462 e. The fraction of sp³-hybridized carbons (Fsp3) is 0.115. The van der Waals surface area contributed by atoms with Crippen LogP contribution in [0.5, 0.6) is 0 Å². The molecule has 1 aliphatic heterocycles. The Morgan fingerprint density at radius 2 is 1.70 bits per heavy atom. The number of ether oxygens (including phenoxy) is 1. The quantitative estimate of drug-likeness (QED) is 0.381. The van der Waals surface area contributed by atoms with Gasteiger partial charge in [-0.1, -0.05) is 48.5 Å². The molecule has 0 atom stereocenters. The van der Waals surface area contributed by atoms with Crippen LogP contribution in [0.4, 0.5) is 11.4 Å². The van der Waals surface area contributed by atoms with E-state index in [0.29, 0.717) is 28.1 Å². The Morgan fingerprint density at radius 1 is 0.970 bits per heavy atom. The molecule has 0 bridgehead atoms. The van der Waals surface area contributed by atoms with Crippen LogP contribution in [0.2, 0.25) is 0 Å². The first-order valence-corrected chi connectivity index (χ1v) is 10.5. The average molecular weight is 441 g/mol. The van der Waals surface area contributed by atoms with Gasteiger partial charge in [0.15, 0.2) is 0 Å². The van der Waals surface area contributed by atoms with Crippen LogP contribution in [0.3, 0.4) is 0 Å². The number of primary amides is 1. The minimum absolute atomic E-state index is 0.158. The summed E-state index contributed by atoms with van der Waals surface area (Å²) in [6.07, 6.45) is 0.158. The van der Waals surface area contributed by atoms with Gasteiger partial charge in [-0.3, -0.25) is 9.59 Å². The van der Waals surface area contributed by atoms with E-state index in [1.165, 1.54) is 0 Å². The fourth-order valence-electron chi connectivity index (χ4n) is 3.70. The summed E-state index contributed by atoms with van der Waals surface area (Å²) in [6.45, 7) is 2.01. The maximum atomic E-state index is 13.0. The SMILES string of the molecule is CCOC(=O)c1ccc2c(c1)NC(=O)/C2=C(\Nc1ccc(CC(N)=O)cc1)c1ccccc1. The van der Waals surface area contributed by atoms with Crippen molar-refractivity contribution in [3.8, 4) is 0 Å². The van der Waals surface area contributed by atoms with Gasteiger partial charge in [-0.05, 0) is 42.3 Å². The second-order valence-corrected chi connectivity index (χ2v) is 7.52. The summed E-state index contributed by atoms with van der Waals surface area (Å²) < 4.78 is 5.07. The zero-order chi connectivity index (χ0) is 23.4. The molecule has 0 aliphatic carbocycles. The lowest BCUT2D eigenvalue weighted by Gasteiger charge is -2.15. The highest BCUT2D eigenvalue weighted by atomic mass is 16.5. The number of carbonyl (C=O) groups excluding carboxylic acids is 3. The highest BCUT2D eigenvalue weighted by Gasteiger charge is 2.29. The van der Waals surface area contributed by atoms with Gasteiger partial charge < -0.3 is 21.1 Å². The number of hydrogen-bond donors (Lipinski definition) is 3. The van der Waals surface area contributed by atoms with Gasteiger partial charge in [-0.25, -0.2) is 4.79 Å². The molecule has 2 amide bonds. The Morgan fingerprint density at radius 3 is 2.36 bits per heavy atom. The number of fused-ring (bicyclic) bond motifs is 1. The molecule has 4 N–H and O–H groups in total. The van der Waals surface area contributed by atoms with Gasteiger partial charge in [0.25, 0.3) is 5.91 Å². The Hall–Kier alpha value is -4.39. The van der Waals surface area contributed by atoms with Crippen LogP contribution < -0.4 is 16.4 Å². The molecular formula is C26H23N3O4.